The molecule has 1 heterocycles. The van der Waals surface area contributed by atoms with Gasteiger partial charge in [-0.2, -0.15) is 0 Å². The van der Waals surface area contributed by atoms with Crippen molar-refractivity contribution >= 4 is 61.8 Å². The van der Waals surface area contributed by atoms with E-state index in [0.717, 1.165) is 4.47 Å². The number of Topliss-reactive ketones (excluding diaryl/α,β-unsaturated/α-hetero) is 1. The number of benzene rings is 2. The summed E-state index contributed by atoms with van der Waals surface area (Å²) in [5, 5.41) is 2.89. The Morgan fingerprint density at radius 3 is 2.35 bits per heavy atom. The van der Waals surface area contributed by atoms with Crippen LogP contribution in [0.1, 0.15) is 37.6 Å². The smallest absolute Gasteiger partial charge is 0.242 e. The van der Waals surface area contributed by atoms with E-state index in [-0.39, 0.29) is 29.9 Å². The average molecular weight is 502 g/mol. The Morgan fingerprint density at radius 1 is 1.13 bits per heavy atom. The molecule has 1 aliphatic rings. The summed E-state index contributed by atoms with van der Waals surface area (Å²) >= 11 is 4.67. The first-order chi connectivity index (χ1) is 14.7. The molecule has 31 heavy (non-hydrogen) atoms. The van der Waals surface area contributed by atoms with Crippen molar-refractivity contribution in [2.75, 3.05) is 11.9 Å². The summed E-state index contributed by atoms with van der Waals surface area (Å²) in [6.07, 6.45) is 0.0659. The number of hydrogen-bond donors (Lipinski definition) is 1. The van der Waals surface area contributed by atoms with Crippen LogP contribution in [-0.2, 0) is 9.59 Å². The molecular weight excluding hydrogens is 478 g/mol. The number of nitrogens with zero attached hydrogens (tertiary/aromatic N) is 2. The van der Waals surface area contributed by atoms with Crippen LogP contribution in [-0.4, -0.2) is 39.5 Å². The van der Waals surface area contributed by atoms with Gasteiger partial charge in [0, 0.05) is 28.7 Å². The van der Waals surface area contributed by atoms with E-state index in [9.17, 15) is 14.4 Å². The highest BCUT2D eigenvalue weighted by molar-refractivity contribution is 9.10. The lowest BCUT2D eigenvalue weighted by atomic mass is 10.1. The van der Waals surface area contributed by atoms with Crippen LogP contribution in [0.15, 0.2) is 58.0 Å². The van der Waals surface area contributed by atoms with Gasteiger partial charge in [0.1, 0.15) is 5.25 Å². The molecule has 1 N–H and O–H groups in total. The number of halogens is 1. The van der Waals surface area contributed by atoms with Crippen molar-refractivity contribution < 1.29 is 14.4 Å². The van der Waals surface area contributed by atoms with Crippen molar-refractivity contribution in [2.45, 2.75) is 32.4 Å². The average Bonchev–Trinajstić information content (AvgIpc) is 2.98. The van der Waals surface area contributed by atoms with Gasteiger partial charge in [0.2, 0.25) is 11.8 Å². The van der Waals surface area contributed by atoms with Crippen LogP contribution in [0.25, 0.3) is 0 Å². The summed E-state index contributed by atoms with van der Waals surface area (Å²) in [7, 11) is 0. The van der Waals surface area contributed by atoms with Crippen LogP contribution < -0.4 is 5.32 Å². The van der Waals surface area contributed by atoms with Gasteiger partial charge in [0.15, 0.2) is 11.0 Å². The normalized spacial score (nSPS) is 17.5. The first kappa shape index (κ1) is 23.2. The van der Waals surface area contributed by atoms with Crippen molar-refractivity contribution in [2.24, 2.45) is 10.9 Å². The number of thioether (sulfide) groups is 1. The predicted octanol–water partition coefficient (Wildman–Crippen LogP) is 5.27. The lowest BCUT2D eigenvalue weighted by molar-refractivity contribution is -0.128. The molecule has 2 aromatic carbocycles. The number of amidine groups is 1. The third kappa shape index (κ3) is 6.27. The highest BCUT2D eigenvalue weighted by atomic mass is 79.9. The quantitative estimate of drug-likeness (QED) is 0.524. The second-order valence-corrected chi connectivity index (χ2v) is 9.79. The molecule has 0 aromatic heterocycles. The molecule has 6 nitrogen and oxygen atoms in total. The Labute approximate surface area is 194 Å². The topological polar surface area (TPSA) is 78.8 Å². The molecule has 0 saturated carbocycles. The fourth-order valence-electron chi connectivity index (χ4n) is 3.05. The van der Waals surface area contributed by atoms with Crippen LogP contribution >= 0.6 is 27.7 Å². The number of rotatable bonds is 7. The van der Waals surface area contributed by atoms with Crippen molar-refractivity contribution in [3.8, 4) is 0 Å². The summed E-state index contributed by atoms with van der Waals surface area (Å²) in [4.78, 5) is 43.3. The number of carbonyl (C=O) groups is 3. The molecule has 3 rings (SSSR count). The lowest BCUT2D eigenvalue weighted by Crippen LogP contribution is -2.36. The highest BCUT2D eigenvalue weighted by Crippen LogP contribution is 2.32. The molecular formula is C23H24BrN3O3S. The van der Waals surface area contributed by atoms with Gasteiger partial charge in [-0.1, -0.05) is 41.5 Å². The second kappa shape index (κ2) is 10.2. The van der Waals surface area contributed by atoms with Crippen molar-refractivity contribution in [3.05, 3.63) is 58.6 Å². The van der Waals surface area contributed by atoms with Gasteiger partial charge in [0.05, 0.1) is 5.69 Å². The van der Waals surface area contributed by atoms with Gasteiger partial charge in [0.25, 0.3) is 0 Å². The molecule has 1 atom stereocenters. The summed E-state index contributed by atoms with van der Waals surface area (Å²) < 4.78 is 0.925. The van der Waals surface area contributed by atoms with Gasteiger partial charge >= 0.3 is 0 Å². The zero-order valence-electron chi connectivity index (χ0n) is 17.6. The molecule has 1 saturated heterocycles. The molecule has 0 aliphatic carbocycles. The third-order valence-corrected chi connectivity index (χ3v) is 6.27. The lowest BCUT2D eigenvalue weighted by Gasteiger charge is -2.18. The fraction of sp³-hybridized carbons (Fsp3) is 0.304. The van der Waals surface area contributed by atoms with Gasteiger partial charge in [-0.3, -0.25) is 19.3 Å². The van der Waals surface area contributed by atoms with Gasteiger partial charge in [-0.25, -0.2) is 4.99 Å². The molecule has 2 amide bonds. The largest absolute Gasteiger partial charge is 0.326 e. The Morgan fingerprint density at radius 2 is 1.77 bits per heavy atom. The van der Waals surface area contributed by atoms with Crippen molar-refractivity contribution in [3.63, 3.8) is 0 Å². The van der Waals surface area contributed by atoms with Gasteiger partial charge < -0.3 is 5.32 Å². The van der Waals surface area contributed by atoms with Gasteiger partial charge in [-0.05, 0) is 61.4 Å². The standard InChI is InChI=1S/C23H24BrN3O3S/c1-14(2)13-27-22(30)20(12-21(29)25-18-10-6-17(24)7-11-18)31-23(27)26-19-8-4-16(5-9-19)15(3)28/h4-11,14,20H,12-13H2,1-3H3,(H,25,29)/t20-/m1/s1. The second-order valence-electron chi connectivity index (χ2n) is 7.71. The number of anilines is 1. The fourth-order valence-corrected chi connectivity index (χ4v) is 4.48. The molecule has 0 bridgehead atoms. The number of aliphatic imine (C=N–C) groups is 1. The number of nitrogens with one attached hydrogen (secondary N) is 1. The summed E-state index contributed by atoms with van der Waals surface area (Å²) in [5.41, 5.74) is 1.96. The van der Waals surface area contributed by atoms with Gasteiger partial charge in [-0.15, -0.1) is 0 Å². The minimum atomic E-state index is -0.524. The third-order valence-electron chi connectivity index (χ3n) is 4.57. The molecule has 0 spiro atoms. The summed E-state index contributed by atoms with van der Waals surface area (Å²) in [6, 6.07) is 14.3. The zero-order valence-corrected chi connectivity index (χ0v) is 20.0. The first-order valence-electron chi connectivity index (χ1n) is 9.96. The maximum absolute atomic E-state index is 13.0. The van der Waals surface area contributed by atoms with Crippen LogP contribution in [0.5, 0.6) is 0 Å². The van der Waals surface area contributed by atoms with E-state index in [0.29, 0.717) is 28.7 Å². The maximum Gasteiger partial charge on any atom is 0.242 e. The predicted molar refractivity (Wildman–Crippen MR) is 129 cm³/mol. The van der Waals surface area contributed by atoms with E-state index in [1.54, 1.807) is 41.3 Å². The first-order valence-corrected chi connectivity index (χ1v) is 11.6. The Balaban J connectivity index is 1.75. The van der Waals surface area contributed by atoms with Crippen molar-refractivity contribution in [1.29, 1.82) is 0 Å². The highest BCUT2D eigenvalue weighted by Gasteiger charge is 2.39. The Kier molecular flexibility index (Phi) is 7.67. The summed E-state index contributed by atoms with van der Waals surface area (Å²) in [6.45, 7) is 6.11. The molecule has 162 valence electrons. The van der Waals surface area contributed by atoms with E-state index in [2.05, 4.69) is 26.2 Å². The molecule has 0 unspecified atom stereocenters. The van der Waals surface area contributed by atoms with Crippen LogP contribution in [0.4, 0.5) is 11.4 Å². The zero-order chi connectivity index (χ0) is 22.5. The van der Waals surface area contributed by atoms with Crippen molar-refractivity contribution in [1.82, 2.24) is 4.90 Å². The minimum Gasteiger partial charge on any atom is -0.326 e. The number of carbonyl (C=O) groups excluding carboxylic acids is 3. The SMILES string of the molecule is CC(=O)c1ccc(N=C2S[C@H](CC(=O)Nc3ccc(Br)cc3)C(=O)N2CC(C)C)cc1. The van der Waals surface area contributed by atoms with Crippen LogP contribution in [0, 0.1) is 5.92 Å². The Bertz CT molecular complexity index is 1000. The number of ketones is 1. The molecule has 8 heteroatoms. The van der Waals surface area contributed by atoms with Crippen LogP contribution in [0.3, 0.4) is 0 Å². The van der Waals surface area contributed by atoms with E-state index in [4.69, 9.17) is 0 Å². The van der Waals surface area contributed by atoms with E-state index < -0.39 is 5.25 Å². The van der Waals surface area contributed by atoms with E-state index >= 15 is 0 Å². The summed E-state index contributed by atoms with van der Waals surface area (Å²) in [5.74, 6) is -0.0819. The van der Waals surface area contributed by atoms with E-state index in [1.807, 2.05) is 26.0 Å². The van der Waals surface area contributed by atoms with E-state index in [1.165, 1.54) is 18.7 Å². The molecule has 1 aliphatic heterocycles. The number of hydrogen-bond acceptors (Lipinski definition) is 5. The minimum absolute atomic E-state index is 0.0112. The monoisotopic (exact) mass is 501 g/mol. The molecule has 1 fully saturated rings. The van der Waals surface area contributed by atoms with Crippen LogP contribution in [0.2, 0.25) is 0 Å². The number of amides is 2. The maximum atomic E-state index is 13.0. The molecule has 2 aromatic rings. The Hall–Kier alpha value is -2.45. The molecule has 0 radical (unpaired) electrons.